The van der Waals surface area contributed by atoms with E-state index in [9.17, 15) is 9.59 Å². The highest BCUT2D eigenvalue weighted by atomic mass is 16.4. The van der Waals surface area contributed by atoms with Gasteiger partial charge in [0.2, 0.25) is 0 Å². The summed E-state index contributed by atoms with van der Waals surface area (Å²) in [5.41, 5.74) is 6.52. The van der Waals surface area contributed by atoms with E-state index >= 15 is 0 Å². The quantitative estimate of drug-likeness (QED) is 0.704. The third-order valence-electron chi connectivity index (χ3n) is 2.80. The van der Waals surface area contributed by atoms with Gasteiger partial charge in [-0.3, -0.25) is 14.6 Å². The van der Waals surface area contributed by atoms with Crippen LogP contribution in [0.2, 0.25) is 0 Å². The van der Waals surface area contributed by atoms with Crippen LogP contribution in [0.15, 0.2) is 18.3 Å². The highest BCUT2D eigenvalue weighted by Crippen LogP contribution is 2.08. The van der Waals surface area contributed by atoms with Crippen molar-refractivity contribution in [1.29, 1.82) is 0 Å². The lowest BCUT2D eigenvalue weighted by atomic mass is 10.0. The Labute approximate surface area is 112 Å². The number of carboxylic acids is 1. The van der Waals surface area contributed by atoms with E-state index < -0.39 is 12.0 Å². The number of rotatable bonds is 6. The summed E-state index contributed by atoms with van der Waals surface area (Å²) in [5, 5.41) is 11.5. The molecule has 1 aromatic rings. The Bertz CT molecular complexity index is 460. The Kier molecular flexibility index (Phi) is 5.44. The van der Waals surface area contributed by atoms with Gasteiger partial charge in [0.1, 0.15) is 0 Å². The maximum absolute atomic E-state index is 12.0. The average molecular weight is 265 g/mol. The Balaban J connectivity index is 2.78. The minimum atomic E-state index is -0.934. The molecule has 6 nitrogen and oxygen atoms in total. The molecule has 0 spiro atoms. The largest absolute Gasteiger partial charge is 0.481 e. The average Bonchev–Trinajstić information content (AvgIpc) is 2.37. The van der Waals surface area contributed by atoms with Gasteiger partial charge in [-0.25, -0.2) is 0 Å². The number of carbonyl (C=O) groups excluding carboxylic acids is 1. The summed E-state index contributed by atoms with van der Waals surface area (Å²) in [6.45, 7) is 3.99. The van der Waals surface area contributed by atoms with Gasteiger partial charge in [0.25, 0.3) is 5.91 Å². The maximum atomic E-state index is 12.0. The number of nitrogens with two attached hydrogens (primary N) is 1. The summed E-state index contributed by atoms with van der Waals surface area (Å²) >= 11 is 0. The van der Waals surface area contributed by atoms with E-state index in [4.69, 9.17) is 10.8 Å². The number of pyridine rings is 1. The van der Waals surface area contributed by atoms with Gasteiger partial charge in [0, 0.05) is 24.3 Å². The number of aromatic nitrogens is 1. The first-order chi connectivity index (χ1) is 8.93. The molecule has 0 saturated heterocycles. The predicted octanol–water partition coefficient (Wildman–Crippen LogP) is 0.769. The van der Waals surface area contributed by atoms with Gasteiger partial charge >= 0.3 is 5.97 Å². The van der Waals surface area contributed by atoms with Gasteiger partial charge in [-0.05, 0) is 18.1 Å². The third-order valence-corrected chi connectivity index (χ3v) is 2.80. The van der Waals surface area contributed by atoms with Crippen molar-refractivity contribution in [2.45, 2.75) is 32.9 Å². The van der Waals surface area contributed by atoms with Gasteiger partial charge < -0.3 is 16.2 Å². The van der Waals surface area contributed by atoms with Crippen molar-refractivity contribution < 1.29 is 14.7 Å². The fourth-order valence-electron chi connectivity index (χ4n) is 1.62. The lowest BCUT2D eigenvalue weighted by molar-refractivity contribution is -0.137. The molecule has 0 saturated carbocycles. The molecule has 0 aromatic carbocycles. The maximum Gasteiger partial charge on any atom is 0.305 e. The molecule has 19 heavy (non-hydrogen) atoms. The summed E-state index contributed by atoms with van der Waals surface area (Å²) in [6.07, 6.45) is 1.41. The molecule has 1 rings (SSSR count). The van der Waals surface area contributed by atoms with Gasteiger partial charge in [0.15, 0.2) is 0 Å². The second-order valence-electron chi connectivity index (χ2n) is 4.66. The van der Waals surface area contributed by atoms with E-state index in [1.54, 1.807) is 12.1 Å². The van der Waals surface area contributed by atoms with Crippen LogP contribution in [0.25, 0.3) is 0 Å². The molecular weight excluding hydrogens is 246 g/mol. The molecule has 6 heteroatoms. The minimum absolute atomic E-state index is 0.0378. The number of nitrogens with one attached hydrogen (secondary N) is 1. The van der Waals surface area contributed by atoms with Gasteiger partial charge in [-0.15, -0.1) is 0 Å². The fraction of sp³-hybridized carbons (Fsp3) is 0.462. The second kappa shape index (κ2) is 6.84. The summed E-state index contributed by atoms with van der Waals surface area (Å²) < 4.78 is 0. The van der Waals surface area contributed by atoms with Gasteiger partial charge in [-0.2, -0.15) is 0 Å². The van der Waals surface area contributed by atoms with Crippen molar-refractivity contribution in [2.24, 2.45) is 11.7 Å². The standard InChI is InChI=1S/C13H19N3O3/c1-8(2)11(6-12(17)18)16-13(19)9-3-4-15-10(5-9)7-14/h3-5,8,11H,6-7,14H2,1-2H3,(H,16,19)(H,17,18). The molecule has 4 N–H and O–H groups in total. The van der Waals surface area contributed by atoms with Crippen molar-refractivity contribution >= 4 is 11.9 Å². The van der Waals surface area contributed by atoms with Crippen LogP contribution >= 0.6 is 0 Å². The minimum Gasteiger partial charge on any atom is -0.481 e. The van der Waals surface area contributed by atoms with Crippen LogP contribution < -0.4 is 11.1 Å². The Morgan fingerprint density at radius 3 is 2.68 bits per heavy atom. The second-order valence-corrected chi connectivity index (χ2v) is 4.66. The number of amides is 1. The van der Waals surface area contributed by atoms with E-state index in [-0.39, 0.29) is 24.8 Å². The molecule has 0 aliphatic carbocycles. The zero-order chi connectivity index (χ0) is 14.4. The predicted molar refractivity (Wildman–Crippen MR) is 70.5 cm³/mol. The molecule has 1 atom stereocenters. The van der Waals surface area contributed by atoms with Crippen molar-refractivity contribution in [1.82, 2.24) is 10.3 Å². The Morgan fingerprint density at radius 2 is 2.16 bits per heavy atom. The van der Waals surface area contributed by atoms with Crippen molar-refractivity contribution in [3.05, 3.63) is 29.6 Å². The molecule has 0 aliphatic rings. The van der Waals surface area contributed by atoms with Crippen LogP contribution in [-0.4, -0.2) is 28.0 Å². The van der Waals surface area contributed by atoms with Crippen LogP contribution in [-0.2, 0) is 11.3 Å². The number of hydrogen-bond donors (Lipinski definition) is 3. The highest BCUT2D eigenvalue weighted by molar-refractivity contribution is 5.94. The zero-order valence-corrected chi connectivity index (χ0v) is 11.1. The van der Waals surface area contributed by atoms with Crippen molar-refractivity contribution in [2.75, 3.05) is 0 Å². The van der Waals surface area contributed by atoms with Crippen molar-refractivity contribution in [3.8, 4) is 0 Å². The monoisotopic (exact) mass is 265 g/mol. The molecule has 0 aliphatic heterocycles. The van der Waals surface area contributed by atoms with Crippen LogP contribution in [0.5, 0.6) is 0 Å². The Morgan fingerprint density at radius 1 is 1.47 bits per heavy atom. The molecule has 1 amide bonds. The van der Waals surface area contributed by atoms with E-state index in [2.05, 4.69) is 10.3 Å². The lowest BCUT2D eigenvalue weighted by Crippen LogP contribution is -2.40. The molecule has 0 bridgehead atoms. The zero-order valence-electron chi connectivity index (χ0n) is 11.1. The summed E-state index contributed by atoms with van der Waals surface area (Å²) in [4.78, 5) is 26.8. The van der Waals surface area contributed by atoms with E-state index in [1.807, 2.05) is 13.8 Å². The number of carboxylic acid groups (broad SMARTS) is 1. The smallest absolute Gasteiger partial charge is 0.305 e. The van der Waals surface area contributed by atoms with Crippen LogP contribution in [0.3, 0.4) is 0 Å². The van der Waals surface area contributed by atoms with Crippen LogP contribution in [0.1, 0.15) is 36.3 Å². The topological polar surface area (TPSA) is 105 Å². The van der Waals surface area contributed by atoms with E-state index in [1.165, 1.54) is 6.20 Å². The lowest BCUT2D eigenvalue weighted by Gasteiger charge is -2.20. The molecule has 0 fully saturated rings. The summed E-state index contributed by atoms with van der Waals surface area (Å²) in [7, 11) is 0. The molecule has 104 valence electrons. The fourth-order valence-corrected chi connectivity index (χ4v) is 1.62. The highest BCUT2D eigenvalue weighted by Gasteiger charge is 2.20. The van der Waals surface area contributed by atoms with Crippen LogP contribution in [0, 0.1) is 5.92 Å². The Hall–Kier alpha value is -1.95. The number of nitrogens with zero attached hydrogens (tertiary/aromatic N) is 1. The molecule has 1 heterocycles. The van der Waals surface area contributed by atoms with Gasteiger partial charge in [0.05, 0.1) is 12.1 Å². The number of aliphatic carboxylic acids is 1. The van der Waals surface area contributed by atoms with Crippen molar-refractivity contribution in [3.63, 3.8) is 0 Å². The summed E-state index contributed by atoms with van der Waals surface area (Å²) in [6, 6.07) is 2.78. The first-order valence-electron chi connectivity index (χ1n) is 6.11. The number of carbonyl (C=O) groups is 2. The molecule has 1 unspecified atom stereocenters. The van der Waals surface area contributed by atoms with E-state index in [0.29, 0.717) is 11.3 Å². The van der Waals surface area contributed by atoms with Crippen LogP contribution in [0.4, 0.5) is 0 Å². The molecule has 1 aromatic heterocycles. The molecule has 0 radical (unpaired) electrons. The number of hydrogen-bond acceptors (Lipinski definition) is 4. The molecular formula is C13H19N3O3. The summed E-state index contributed by atoms with van der Waals surface area (Å²) in [5.74, 6) is -1.20. The first-order valence-corrected chi connectivity index (χ1v) is 6.11. The first kappa shape index (κ1) is 15.1. The normalized spacial score (nSPS) is 12.2. The van der Waals surface area contributed by atoms with E-state index in [0.717, 1.165) is 0 Å². The SMILES string of the molecule is CC(C)C(CC(=O)O)NC(=O)c1ccnc(CN)c1. The van der Waals surface area contributed by atoms with Gasteiger partial charge in [-0.1, -0.05) is 13.8 Å². The third kappa shape index (κ3) is 4.67.